The lowest BCUT2D eigenvalue weighted by Crippen LogP contribution is -2.44. The second kappa shape index (κ2) is 6.59. The quantitative estimate of drug-likeness (QED) is 0.901. The Hall–Kier alpha value is -1.44. The van der Waals surface area contributed by atoms with Gasteiger partial charge in [-0.05, 0) is 40.8 Å². The number of rotatable bonds is 2. The number of aryl methyl sites for hydroxylation is 1. The van der Waals surface area contributed by atoms with Gasteiger partial charge in [-0.2, -0.15) is 10.1 Å². The zero-order valence-electron chi connectivity index (χ0n) is 14.3. The van der Waals surface area contributed by atoms with Crippen LogP contribution in [0.25, 0.3) is 11.6 Å². The van der Waals surface area contributed by atoms with Crippen LogP contribution in [0.5, 0.6) is 0 Å². The van der Waals surface area contributed by atoms with Gasteiger partial charge in [0.05, 0.1) is 11.6 Å². The van der Waals surface area contributed by atoms with Crippen LogP contribution < -0.4 is 5.32 Å². The van der Waals surface area contributed by atoms with Gasteiger partial charge in [0.1, 0.15) is 0 Å². The number of likely N-dealkylation sites (N-methyl/N-ethyl adjacent to an activating group) is 1. The van der Waals surface area contributed by atoms with Crippen molar-refractivity contribution in [3.05, 3.63) is 17.6 Å². The van der Waals surface area contributed by atoms with Gasteiger partial charge in [0.2, 0.25) is 0 Å². The SMILES string of the molecule is Cc1cc(-c2nc(C3CNCCN3C)no2)nn1C(C)(C)C.Cl. The summed E-state index contributed by atoms with van der Waals surface area (Å²) in [6, 6.07) is 2.14. The van der Waals surface area contributed by atoms with Crippen molar-refractivity contribution in [1.82, 2.24) is 30.1 Å². The molecule has 1 fully saturated rings. The Morgan fingerprint density at radius 3 is 2.70 bits per heavy atom. The van der Waals surface area contributed by atoms with E-state index in [9.17, 15) is 0 Å². The molecule has 1 aliphatic rings. The molecule has 0 saturated carbocycles. The van der Waals surface area contributed by atoms with E-state index < -0.39 is 0 Å². The molecule has 0 aromatic carbocycles. The zero-order chi connectivity index (χ0) is 15.9. The molecule has 7 nitrogen and oxygen atoms in total. The van der Waals surface area contributed by atoms with Crippen LogP contribution in [0.1, 0.15) is 38.3 Å². The number of aromatic nitrogens is 4. The Kier molecular flexibility index (Phi) is 5.13. The molecule has 2 aromatic rings. The van der Waals surface area contributed by atoms with Gasteiger partial charge in [-0.1, -0.05) is 5.16 Å². The number of nitrogens with zero attached hydrogens (tertiary/aromatic N) is 5. The van der Waals surface area contributed by atoms with Gasteiger partial charge < -0.3 is 9.84 Å². The summed E-state index contributed by atoms with van der Waals surface area (Å²) < 4.78 is 7.43. The Morgan fingerprint density at radius 1 is 1.35 bits per heavy atom. The Balaban J connectivity index is 0.00000192. The molecule has 1 saturated heterocycles. The molecule has 1 unspecified atom stereocenters. The van der Waals surface area contributed by atoms with E-state index in [-0.39, 0.29) is 24.0 Å². The number of nitrogens with one attached hydrogen (secondary N) is 1. The van der Waals surface area contributed by atoms with Crippen molar-refractivity contribution in [2.75, 3.05) is 26.7 Å². The third-order valence-corrected chi connectivity index (χ3v) is 3.99. The highest BCUT2D eigenvalue weighted by Crippen LogP contribution is 2.24. The van der Waals surface area contributed by atoms with Crippen molar-refractivity contribution in [1.29, 1.82) is 0 Å². The number of hydrogen-bond donors (Lipinski definition) is 1. The molecular weight excluding hydrogens is 316 g/mol. The van der Waals surface area contributed by atoms with E-state index in [1.165, 1.54) is 0 Å². The molecule has 23 heavy (non-hydrogen) atoms. The molecule has 0 bridgehead atoms. The first-order chi connectivity index (χ1) is 10.4. The van der Waals surface area contributed by atoms with Gasteiger partial charge in [0.25, 0.3) is 5.89 Å². The summed E-state index contributed by atoms with van der Waals surface area (Å²) in [7, 11) is 2.08. The third-order valence-electron chi connectivity index (χ3n) is 3.99. The van der Waals surface area contributed by atoms with Crippen LogP contribution >= 0.6 is 12.4 Å². The van der Waals surface area contributed by atoms with E-state index in [4.69, 9.17) is 4.52 Å². The summed E-state index contributed by atoms with van der Waals surface area (Å²) in [5.41, 5.74) is 1.75. The minimum absolute atomic E-state index is 0. The monoisotopic (exact) mass is 340 g/mol. The molecule has 8 heteroatoms. The van der Waals surface area contributed by atoms with Crippen molar-refractivity contribution in [3.63, 3.8) is 0 Å². The molecule has 0 amide bonds. The lowest BCUT2D eigenvalue weighted by molar-refractivity contribution is 0.190. The minimum Gasteiger partial charge on any atom is -0.332 e. The van der Waals surface area contributed by atoms with Gasteiger partial charge >= 0.3 is 0 Å². The van der Waals surface area contributed by atoms with E-state index >= 15 is 0 Å². The molecule has 3 heterocycles. The van der Waals surface area contributed by atoms with Gasteiger partial charge in [0.15, 0.2) is 11.5 Å². The molecular formula is C15H25ClN6O. The van der Waals surface area contributed by atoms with E-state index in [0.717, 1.165) is 31.0 Å². The molecule has 0 radical (unpaired) electrons. The summed E-state index contributed by atoms with van der Waals surface area (Å²) in [5.74, 6) is 1.20. The third kappa shape index (κ3) is 3.57. The second-order valence-corrected chi connectivity index (χ2v) is 6.91. The molecule has 1 aliphatic heterocycles. The molecule has 0 spiro atoms. The van der Waals surface area contributed by atoms with Crippen LogP contribution in [-0.2, 0) is 5.54 Å². The maximum atomic E-state index is 5.44. The predicted octanol–water partition coefficient (Wildman–Crippen LogP) is 1.99. The van der Waals surface area contributed by atoms with Crippen molar-refractivity contribution in [2.24, 2.45) is 0 Å². The average molecular weight is 341 g/mol. The minimum atomic E-state index is -0.0707. The van der Waals surface area contributed by atoms with Crippen LogP contribution in [-0.4, -0.2) is 51.5 Å². The average Bonchev–Trinajstić information content (AvgIpc) is 3.05. The first-order valence-electron chi connectivity index (χ1n) is 7.68. The maximum absolute atomic E-state index is 5.44. The standard InChI is InChI=1S/C15H24N6O.ClH/c1-10-8-11(18-21(10)15(2,3)4)14-17-13(19-22-14)12-9-16-6-7-20(12)5;/h8,12,16H,6-7,9H2,1-5H3;1H. The number of hydrogen-bond acceptors (Lipinski definition) is 6. The summed E-state index contributed by atoms with van der Waals surface area (Å²) in [6.45, 7) is 11.2. The first kappa shape index (κ1) is 17.9. The Bertz CT molecular complexity index is 659. The van der Waals surface area contributed by atoms with Crippen molar-refractivity contribution >= 4 is 12.4 Å². The van der Waals surface area contributed by atoms with Crippen molar-refractivity contribution in [2.45, 2.75) is 39.3 Å². The molecule has 0 aliphatic carbocycles. The smallest absolute Gasteiger partial charge is 0.278 e. The Labute approximate surface area is 142 Å². The lowest BCUT2D eigenvalue weighted by Gasteiger charge is -2.30. The molecule has 1 atom stereocenters. The lowest BCUT2D eigenvalue weighted by atomic mass is 10.1. The van der Waals surface area contributed by atoms with E-state index in [2.05, 4.69) is 53.3 Å². The number of piperazine rings is 1. The highest BCUT2D eigenvalue weighted by molar-refractivity contribution is 5.85. The fraction of sp³-hybridized carbons (Fsp3) is 0.667. The van der Waals surface area contributed by atoms with Crippen LogP contribution in [0.4, 0.5) is 0 Å². The fourth-order valence-corrected chi connectivity index (χ4v) is 2.83. The van der Waals surface area contributed by atoms with Gasteiger partial charge in [-0.25, -0.2) is 0 Å². The number of halogens is 1. The normalized spacial score (nSPS) is 19.6. The molecule has 2 aromatic heterocycles. The van der Waals surface area contributed by atoms with E-state index in [0.29, 0.717) is 11.7 Å². The van der Waals surface area contributed by atoms with Crippen LogP contribution in [0.3, 0.4) is 0 Å². The molecule has 1 N–H and O–H groups in total. The summed E-state index contributed by atoms with van der Waals surface area (Å²) in [5, 5.41) is 12.1. The molecule has 128 valence electrons. The van der Waals surface area contributed by atoms with E-state index in [1.807, 2.05) is 17.7 Å². The maximum Gasteiger partial charge on any atom is 0.278 e. The largest absolute Gasteiger partial charge is 0.332 e. The van der Waals surface area contributed by atoms with Gasteiger partial charge in [0, 0.05) is 25.3 Å². The van der Waals surface area contributed by atoms with Crippen molar-refractivity contribution < 1.29 is 4.52 Å². The zero-order valence-corrected chi connectivity index (χ0v) is 15.1. The van der Waals surface area contributed by atoms with Gasteiger partial charge in [-0.15, -0.1) is 12.4 Å². The summed E-state index contributed by atoms with van der Waals surface area (Å²) in [6.07, 6.45) is 0. The highest BCUT2D eigenvalue weighted by Gasteiger charge is 2.26. The van der Waals surface area contributed by atoms with Crippen LogP contribution in [0.15, 0.2) is 10.6 Å². The first-order valence-corrected chi connectivity index (χ1v) is 7.68. The predicted molar refractivity (Wildman–Crippen MR) is 90.7 cm³/mol. The summed E-state index contributed by atoms with van der Waals surface area (Å²) >= 11 is 0. The fourth-order valence-electron chi connectivity index (χ4n) is 2.83. The van der Waals surface area contributed by atoms with Crippen LogP contribution in [0, 0.1) is 6.92 Å². The topological polar surface area (TPSA) is 72.0 Å². The van der Waals surface area contributed by atoms with E-state index in [1.54, 1.807) is 0 Å². The highest BCUT2D eigenvalue weighted by atomic mass is 35.5. The summed E-state index contributed by atoms with van der Waals surface area (Å²) in [4.78, 5) is 6.80. The van der Waals surface area contributed by atoms with Crippen molar-refractivity contribution in [3.8, 4) is 11.6 Å². The van der Waals surface area contributed by atoms with Gasteiger partial charge in [-0.3, -0.25) is 9.58 Å². The Morgan fingerprint density at radius 2 is 2.09 bits per heavy atom. The molecule has 3 rings (SSSR count). The van der Waals surface area contributed by atoms with Crippen LogP contribution in [0.2, 0.25) is 0 Å². The second-order valence-electron chi connectivity index (χ2n) is 6.91.